The van der Waals surface area contributed by atoms with Gasteiger partial charge in [0.2, 0.25) is 0 Å². The number of hydrogen-bond acceptors (Lipinski definition) is 2. The summed E-state index contributed by atoms with van der Waals surface area (Å²) < 4.78 is 37.5. The van der Waals surface area contributed by atoms with Crippen molar-refractivity contribution >= 4 is 5.97 Å². The normalized spacial score (nSPS) is 21.2. The van der Waals surface area contributed by atoms with Crippen molar-refractivity contribution in [3.8, 4) is 0 Å². The van der Waals surface area contributed by atoms with Crippen LogP contribution in [-0.2, 0) is 4.79 Å². The molecule has 0 saturated heterocycles. The average Bonchev–Trinajstić information content (AvgIpc) is 1.96. The fourth-order valence-corrected chi connectivity index (χ4v) is 1.93. The molecule has 3 N–H and O–H groups in total. The van der Waals surface area contributed by atoms with Crippen molar-refractivity contribution in [1.82, 2.24) is 0 Å². The number of carbonyl (C=O) groups is 1. The predicted molar refractivity (Wildman–Crippen MR) is 51.7 cm³/mol. The van der Waals surface area contributed by atoms with Gasteiger partial charge in [-0.25, -0.2) is 0 Å². The highest BCUT2D eigenvalue weighted by molar-refractivity contribution is 5.67. The lowest BCUT2D eigenvalue weighted by molar-refractivity contribution is -0.186. The highest BCUT2D eigenvalue weighted by Gasteiger charge is 2.42. The predicted octanol–water partition coefficient (Wildman–Crippen LogP) is 2.16. The first-order valence-electron chi connectivity index (χ1n) is 5.34. The Bertz CT molecular complexity index is 251. The molecule has 0 bridgehead atoms. The smallest absolute Gasteiger partial charge is 0.392 e. The molecule has 94 valence electrons. The van der Waals surface area contributed by atoms with E-state index in [0.29, 0.717) is 0 Å². The number of carboxylic acids is 1. The van der Waals surface area contributed by atoms with E-state index in [1.807, 2.05) is 0 Å². The zero-order chi connectivity index (χ0) is 12.3. The van der Waals surface area contributed by atoms with Gasteiger partial charge in [0.25, 0.3) is 0 Å². The van der Waals surface area contributed by atoms with E-state index in [0.717, 1.165) is 19.3 Å². The number of halogens is 3. The summed E-state index contributed by atoms with van der Waals surface area (Å²) in [4.78, 5) is 10.4. The minimum Gasteiger partial charge on any atom is -0.481 e. The zero-order valence-electron chi connectivity index (χ0n) is 8.83. The van der Waals surface area contributed by atoms with Gasteiger partial charge in [-0.1, -0.05) is 6.42 Å². The molecule has 1 saturated carbocycles. The Balaban J connectivity index is 2.51. The molecular formula is C10H16F3NO2. The van der Waals surface area contributed by atoms with Gasteiger partial charge in [0.1, 0.15) is 0 Å². The molecule has 16 heavy (non-hydrogen) atoms. The fraction of sp³-hybridized carbons (Fsp3) is 0.900. The van der Waals surface area contributed by atoms with Crippen LogP contribution in [0.25, 0.3) is 0 Å². The molecule has 0 amide bonds. The molecule has 0 aliphatic heterocycles. The van der Waals surface area contributed by atoms with Crippen LogP contribution in [0, 0.1) is 11.8 Å². The standard InChI is InChI=1S/C10H16F3NO2/c11-10(12,13)7(5-9(15)16)4-8(14)6-2-1-3-6/h6-8H,1-5,14H2,(H,15,16). The fourth-order valence-electron chi connectivity index (χ4n) is 1.93. The Morgan fingerprint density at radius 2 is 2.00 bits per heavy atom. The largest absolute Gasteiger partial charge is 0.481 e. The molecule has 1 rings (SSSR count). The first-order valence-corrected chi connectivity index (χ1v) is 5.34. The van der Waals surface area contributed by atoms with Crippen LogP contribution in [-0.4, -0.2) is 23.3 Å². The third kappa shape index (κ3) is 3.66. The van der Waals surface area contributed by atoms with Crippen molar-refractivity contribution in [2.45, 2.75) is 44.3 Å². The molecule has 0 spiro atoms. The Hall–Kier alpha value is -0.780. The number of rotatable bonds is 5. The van der Waals surface area contributed by atoms with Crippen LogP contribution < -0.4 is 5.73 Å². The Kier molecular flexibility index (Phi) is 4.18. The van der Waals surface area contributed by atoms with Gasteiger partial charge in [-0.2, -0.15) is 13.2 Å². The molecule has 1 aliphatic rings. The van der Waals surface area contributed by atoms with E-state index in [4.69, 9.17) is 10.8 Å². The molecule has 2 atom stereocenters. The molecule has 1 fully saturated rings. The minimum absolute atomic E-state index is 0.138. The van der Waals surface area contributed by atoms with Crippen LogP contribution in [0.15, 0.2) is 0 Å². The Morgan fingerprint density at radius 1 is 1.44 bits per heavy atom. The summed E-state index contributed by atoms with van der Waals surface area (Å²) >= 11 is 0. The van der Waals surface area contributed by atoms with Crippen LogP contribution in [0.1, 0.15) is 32.1 Å². The lowest BCUT2D eigenvalue weighted by Crippen LogP contribution is -2.39. The second kappa shape index (κ2) is 5.03. The molecule has 6 heteroatoms. The van der Waals surface area contributed by atoms with Gasteiger partial charge in [0.05, 0.1) is 12.3 Å². The summed E-state index contributed by atoms with van der Waals surface area (Å²) in [5, 5.41) is 8.43. The van der Waals surface area contributed by atoms with Crippen LogP contribution in [0.3, 0.4) is 0 Å². The van der Waals surface area contributed by atoms with Gasteiger partial charge in [-0.05, 0) is 25.2 Å². The average molecular weight is 239 g/mol. The van der Waals surface area contributed by atoms with E-state index in [-0.39, 0.29) is 12.3 Å². The van der Waals surface area contributed by atoms with Crippen LogP contribution >= 0.6 is 0 Å². The number of aliphatic carboxylic acids is 1. The van der Waals surface area contributed by atoms with E-state index >= 15 is 0 Å². The maximum atomic E-state index is 12.5. The third-order valence-corrected chi connectivity index (χ3v) is 3.20. The van der Waals surface area contributed by atoms with E-state index in [2.05, 4.69) is 0 Å². The van der Waals surface area contributed by atoms with E-state index in [9.17, 15) is 18.0 Å². The van der Waals surface area contributed by atoms with Crippen molar-refractivity contribution in [1.29, 1.82) is 0 Å². The summed E-state index contributed by atoms with van der Waals surface area (Å²) in [6, 6.07) is -0.528. The summed E-state index contributed by atoms with van der Waals surface area (Å²) in [5.74, 6) is -3.11. The summed E-state index contributed by atoms with van der Waals surface area (Å²) in [6.07, 6.45) is -2.91. The molecule has 2 unspecified atom stereocenters. The van der Waals surface area contributed by atoms with Crippen molar-refractivity contribution < 1.29 is 23.1 Å². The quantitative estimate of drug-likeness (QED) is 0.772. The third-order valence-electron chi connectivity index (χ3n) is 3.20. The number of nitrogens with two attached hydrogens (primary N) is 1. The maximum Gasteiger partial charge on any atom is 0.392 e. The van der Waals surface area contributed by atoms with Gasteiger partial charge in [0.15, 0.2) is 0 Å². The van der Waals surface area contributed by atoms with Gasteiger partial charge in [-0.15, -0.1) is 0 Å². The van der Waals surface area contributed by atoms with Gasteiger partial charge >= 0.3 is 12.1 Å². The lowest BCUT2D eigenvalue weighted by atomic mass is 9.76. The summed E-state index contributed by atoms with van der Waals surface area (Å²) in [6.45, 7) is 0. The number of alkyl halides is 3. The molecule has 3 nitrogen and oxygen atoms in total. The van der Waals surface area contributed by atoms with Gasteiger partial charge < -0.3 is 10.8 Å². The monoisotopic (exact) mass is 239 g/mol. The Labute approximate surface area is 91.8 Å². The molecule has 0 radical (unpaired) electrons. The number of carboxylic acid groups (broad SMARTS) is 1. The highest BCUT2D eigenvalue weighted by Crippen LogP contribution is 2.37. The van der Waals surface area contributed by atoms with Crippen LogP contribution in [0.5, 0.6) is 0 Å². The van der Waals surface area contributed by atoms with Crippen molar-refractivity contribution in [2.24, 2.45) is 17.6 Å². The molecule has 0 heterocycles. The molecular weight excluding hydrogens is 223 g/mol. The van der Waals surface area contributed by atoms with Crippen LogP contribution in [0.2, 0.25) is 0 Å². The van der Waals surface area contributed by atoms with Gasteiger partial charge in [0, 0.05) is 6.04 Å². The molecule has 1 aliphatic carbocycles. The maximum absolute atomic E-state index is 12.5. The Morgan fingerprint density at radius 3 is 2.31 bits per heavy atom. The molecule has 0 aromatic heterocycles. The number of hydrogen-bond donors (Lipinski definition) is 2. The second-order valence-electron chi connectivity index (χ2n) is 4.43. The molecule has 0 aromatic rings. The lowest BCUT2D eigenvalue weighted by Gasteiger charge is -2.33. The SMILES string of the molecule is NC(CC(CC(=O)O)C(F)(F)F)C1CCC1. The van der Waals surface area contributed by atoms with E-state index in [1.54, 1.807) is 0 Å². The summed E-state index contributed by atoms with van der Waals surface area (Å²) in [7, 11) is 0. The first-order chi connectivity index (χ1) is 7.30. The van der Waals surface area contributed by atoms with Crippen molar-refractivity contribution in [3.63, 3.8) is 0 Å². The highest BCUT2D eigenvalue weighted by atomic mass is 19.4. The first kappa shape index (κ1) is 13.3. The van der Waals surface area contributed by atoms with E-state index < -0.39 is 30.5 Å². The zero-order valence-corrected chi connectivity index (χ0v) is 8.83. The minimum atomic E-state index is -4.47. The van der Waals surface area contributed by atoms with Crippen LogP contribution in [0.4, 0.5) is 13.2 Å². The van der Waals surface area contributed by atoms with E-state index in [1.165, 1.54) is 0 Å². The molecule has 0 aromatic carbocycles. The topological polar surface area (TPSA) is 63.3 Å². The summed E-state index contributed by atoms with van der Waals surface area (Å²) in [5.41, 5.74) is 5.66. The van der Waals surface area contributed by atoms with Crippen molar-refractivity contribution in [3.05, 3.63) is 0 Å². The van der Waals surface area contributed by atoms with Gasteiger partial charge in [-0.3, -0.25) is 4.79 Å². The second-order valence-corrected chi connectivity index (χ2v) is 4.43. The van der Waals surface area contributed by atoms with Crippen molar-refractivity contribution in [2.75, 3.05) is 0 Å².